The van der Waals surface area contributed by atoms with Gasteiger partial charge in [-0.1, -0.05) is 0 Å². The molecule has 0 aliphatic heterocycles. The first kappa shape index (κ1) is 15.9. The van der Waals surface area contributed by atoms with Crippen molar-refractivity contribution in [3.63, 3.8) is 0 Å². The molecule has 0 aromatic heterocycles. The molecule has 1 amide bonds. The van der Waals surface area contributed by atoms with Gasteiger partial charge in [0.1, 0.15) is 5.69 Å². The second-order valence-electron chi connectivity index (χ2n) is 4.12. The van der Waals surface area contributed by atoms with Crippen molar-refractivity contribution in [2.45, 2.75) is 13.3 Å². The number of carbonyl (C=O) groups excluding carboxylic acids is 1. The topological polar surface area (TPSA) is 93.5 Å². The molecule has 0 heterocycles. The molecule has 7 heteroatoms. The SMILES string of the molecule is CCNC(=O)c1ccc([N+](=O)[O-])c(NCCCOC)c1. The molecule has 110 valence electrons. The number of carbonyl (C=O) groups is 1. The summed E-state index contributed by atoms with van der Waals surface area (Å²) in [7, 11) is 1.60. The van der Waals surface area contributed by atoms with Crippen molar-refractivity contribution < 1.29 is 14.5 Å². The fraction of sp³-hybridized carbons (Fsp3) is 0.462. The Morgan fingerprint density at radius 3 is 2.80 bits per heavy atom. The average molecular weight is 281 g/mol. The maximum absolute atomic E-state index is 11.7. The lowest BCUT2D eigenvalue weighted by atomic mass is 10.1. The summed E-state index contributed by atoms with van der Waals surface area (Å²) in [6.45, 7) is 3.42. The number of nitrogens with zero attached hydrogens (tertiary/aromatic N) is 1. The van der Waals surface area contributed by atoms with Crippen LogP contribution >= 0.6 is 0 Å². The van der Waals surface area contributed by atoms with Gasteiger partial charge in [0.25, 0.3) is 11.6 Å². The van der Waals surface area contributed by atoms with E-state index in [-0.39, 0.29) is 11.6 Å². The van der Waals surface area contributed by atoms with Gasteiger partial charge < -0.3 is 15.4 Å². The Morgan fingerprint density at radius 1 is 1.45 bits per heavy atom. The molecule has 1 aromatic carbocycles. The minimum atomic E-state index is -0.472. The van der Waals surface area contributed by atoms with E-state index in [1.165, 1.54) is 18.2 Å². The first-order valence-corrected chi connectivity index (χ1v) is 6.39. The van der Waals surface area contributed by atoms with Gasteiger partial charge in [-0.05, 0) is 25.5 Å². The molecule has 0 fully saturated rings. The lowest BCUT2D eigenvalue weighted by molar-refractivity contribution is -0.384. The fourth-order valence-electron chi connectivity index (χ4n) is 1.68. The molecule has 1 rings (SSSR count). The molecule has 0 radical (unpaired) electrons. The third-order valence-corrected chi connectivity index (χ3v) is 2.63. The van der Waals surface area contributed by atoms with Crippen molar-refractivity contribution in [2.24, 2.45) is 0 Å². The zero-order valence-electron chi connectivity index (χ0n) is 11.6. The Balaban J connectivity index is 2.88. The van der Waals surface area contributed by atoms with Gasteiger partial charge in [-0.15, -0.1) is 0 Å². The Morgan fingerprint density at radius 2 is 2.20 bits per heavy atom. The van der Waals surface area contributed by atoms with Crippen LogP contribution in [0.2, 0.25) is 0 Å². The highest BCUT2D eigenvalue weighted by atomic mass is 16.6. The summed E-state index contributed by atoms with van der Waals surface area (Å²) in [6.07, 6.45) is 0.721. The number of anilines is 1. The van der Waals surface area contributed by atoms with Crippen LogP contribution in [0.15, 0.2) is 18.2 Å². The largest absolute Gasteiger partial charge is 0.385 e. The fourth-order valence-corrected chi connectivity index (χ4v) is 1.68. The van der Waals surface area contributed by atoms with E-state index in [2.05, 4.69) is 10.6 Å². The maximum Gasteiger partial charge on any atom is 0.292 e. The second-order valence-corrected chi connectivity index (χ2v) is 4.12. The summed E-state index contributed by atoms with van der Waals surface area (Å²) < 4.78 is 4.91. The highest BCUT2D eigenvalue weighted by Gasteiger charge is 2.16. The number of hydrogen-bond donors (Lipinski definition) is 2. The number of amides is 1. The van der Waals surface area contributed by atoms with Crippen LogP contribution in [0.25, 0.3) is 0 Å². The molecule has 0 atom stereocenters. The molecule has 0 unspecified atom stereocenters. The summed E-state index contributed by atoms with van der Waals surface area (Å²) in [5.74, 6) is -0.248. The molecule has 0 saturated heterocycles. The first-order valence-electron chi connectivity index (χ1n) is 6.39. The van der Waals surface area contributed by atoms with Gasteiger partial charge >= 0.3 is 0 Å². The molecule has 0 spiro atoms. The van der Waals surface area contributed by atoms with Gasteiger partial charge in [-0.25, -0.2) is 0 Å². The summed E-state index contributed by atoms with van der Waals surface area (Å²) in [5, 5.41) is 16.6. The average Bonchev–Trinajstić information content (AvgIpc) is 2.43. The van der Waals surface area contributed by atoms with E-state index in [9.17, 15) is 14.9 Å². The molecule has 2 N–H and O–H groups in total. The Kier molecular flexibility index (Phi) is 6.45. The molecular formula is C13H19N3O4. The molecule has 1 aromatic rings. The smallest absolute Gasteiger partial charge is 0.292 e. The minimum absolute atomic E-state index is 0.0459. The van der Waals surface area contributed by atoms with Crippen LogP contribution in [0.1, 0.15) is 23.7 Å². The summed E-state index contributed by atoms with van der Waals surface area (Å²) in [5.41, 5.74) is 0.692. The van der Waals surface area contributed by atoms with Crippen molar-refractivity contribution in [1.82, 2.24) is 5.32 Å². The van der Waals surface area contributed by atoms with E-state index in [0.717, 1.165) is 6.42 Å². The zero-order valence-corrected chi connectivity index (χ0v) is 11.6. The highest BCUT2D eigenvalue weighted by Crippen LogP contribution is 2.25. The number of hydrogen-bond acceptors (Lipinski definition) is 5. The Hall–Kier alpha value is -2.15. The summed E-state index contributed by atoms with van der Waals surface area (Å²) >= 11 is 0. The van der Waals surface area contributed by atoms with Gasteiger partial charge in [-0.2, -0.15) is 0 Å². The molecule has 0 aliphatic carbocycles. The van der Waals surface area contributed by atoms with E-state index in [4.69, 9.17) is 4.74 Å². The lowest BCUT2D eigenvalue weighted by Crippen LogP contribution is -2.22. The van der Waals surface area contributed by atoms with Crippen LogP contribution in [0.5, 0.6) is 0 Å². The molecular weight excluding hydrogens is 262 g/mol. The van der Waals surface area contributed by atoms with Crippen molar-refractivity contribution in [1.29, 1.82) is 0 Å². The Labute approximate surface area is 117 Å². The standard InChI is InChI=1S/C13H19N3O4/c1-3-14-13(17)10-5-6-12(16(18)19)11(9-10)15-7-4-8-20-2/h5-6,9,15H,3-4,7-8H2,1-2H3,(H,14,17). The van der Waals surface area contributed by atoms with Gasteiger partial charge in [0, 0.05) is 38.4 Å². The van der Waals surface area contributed by atoms with Gasteiger partial charge in [0.15, 0.2) is 0 Å². The van der Waals surface area contributed by atoms with Crippen LogP contribution in [-0.4, -0.2) is 37.6 Å². The van der Waals surface area contributed by atoms with Crippen molar-refractivity contribution in [3.8, 4) is 0 Å². The molecule has 0 saturated carbocycles. The van der Waals surface area contributed by atoms with Gasteiger partial charge in [-0.3, -0.25) is 14.9 Å². The number of rotatable bonds is 8. The van der Waals surface area contributed by atoms with Gasteiger partial charge in [0.05, 0.1) is 4.92 Å². The van der Waals surface area contributed by atoms with E-state index >= 15 is 0 Å². The number of nitro benzene ring substituents is 1. The lowest BCUT2D eigenvalue weighted by Gasteiger charge is -2.09. The molecule has 20 heavy (non-hydrogen) atoms. The maximum atomic E-state index is 11.7. The van der Waals surface area contributed by atoms with Crippen LogP contribution in [0.3, 0.4) is 0 Å². The van der Waals surface area contributed by atoms with Crippen molar-refractivity contribution >= 4 is 17.3 Å². The number of benzene rings is 1. The normalized spacial score (nSPS) is 10.1. The van der Waals surface area contributed by atoms with Crippen LogP contribution < -0.4 is 10.6 Å². The minimum Gasteiger partial charge on any atom is -0.385 e. The zero-order chi connectivity index (χ0) is 15.0. The molecule has 0 bridgehead atoms. The summed E-state index contributed by atoms with van der Waals surface area (Å²) in [4.78, 5) is 22.2. The molecule has 7 nitrogen and oxygen atoms in total. The monoisotopic (exact) mass is 281 g/mol. The number of nitrogens with one attached hydrogen (secondary N) is 2. The highest BCUT2D eigenvalue weighted by molar-refractivity contribution is 5.95. The first-order chi connectivity index (χ1) is 9.60. The van der Waals surface area contributed by atoms with E-state index in [1.54, 1.807) is 7.11 Å². The van der Waals surface area contributed by atoms with E-state index in [1.807, 2.05) is 6.92 Å². The van der Waals surface area contributed by atoms with E-state index < -0.39 is 4.92 Å². The predicted molar refractivity (Wildman–Crippen MR) is 76.1 cm³/mol. The van der Waals surface area contributed by atoms with Crippen molar-refractivity contribution in [2.75, 3.05) is 32.1 Å². The number of ether oxygens (including phenoxy) is 1. The third-order valence-electron chi connectivity index (χ3n) is 2.63. The number of methoxy groups -OCH3 is 1. The van der Waals surface area contributed by atoms with Crippen LogP contribution in [-0.2, 0) is 4.74 Å². The number of nitro groups is 1. The summed E-state index contributed by atoms with van der Waals surface area (Å²) in [6, 6.07) is 4.28. The quantitative estimate of drug-likeness (QED) is 0.430. The molecule has 0 aliphatic rings. The van der Waals surface area contributed by atoms with Crippen LogP contribution in [0, 0.1) is 10.1 Å². The third kappa shape index (κ3) is 4.51. The van der Waals surface area contributed by atoms with Crippen molar-refractivity contribution in [3.05, 3.63) is 33.9 Å². The van der Waals surface area contributed by atoms with E-state index in [0.29, 0.717) is 30.9 Å². The predicted octanol–water partition coefficient (Wildman–Crippen LogP) is 1.79. The Bertz CT molecular complexity index is 477. The second kappa shape index (κ2) is 8.11. The van der Waals surface area contributed by atoms with Gasteiger partial charge in [0.2, 0.25) is 0 Å². The van der Waals surface area contributed by atoms with Crippen LogP contribution in [0.4, 0.5) is 11.4 Å².